The summed E-state index contributed by atoms with van der Waals surface area (Å²) in [7, 11) is 0. The number of carboxylic acids is 1. The molecule has 1 unspecified atom stereocenters. The summed E-state index contributed by atoms with van der Waals surface area (Å²) < 4.78 is 0. The molecule has 0 aliphatic heterocycles. The van der Waals surface area contributed by atoms with Gasteiger partial charge in [0.2, 0.25) is 0 Å². The van der Waals surface area contributed by atoms with Gasteiger partial charge in [-0.25, -0.2) is 0 Å². The van der Waals surface area contributed by atoms with E-state index in [4.69, 9.17) is 5.11 Å². The summed E-state index contributed by atoms with van der Waals surface area (Å²) >= 11 is 0. The standard InChI is InChI=1S/C11H15N3O4/c1-7(2)8(11(15)16)5-13-9-3-4-12-6-10(9)14(17)18/h3-4,6-8H,5H2,1-2H3,(H,12,13)(H,15,16). The molecular weight excluding hydrogens is 238 g/mol. The smallest absolute Gasteiger partial charge is 0.310 e. The summed E-state index contributed by atoms with van der Waals surface area (Å²) in [6, 6.07) is 1.46. The van der Waals surface area contributed by atoms with E-state index in [1.165, 1.54) is 12.3 Å². The van der Waals surface area contributed by atoms with Crippen molar-refractivity contribution in [3.8, 4) is 0 Å². The Labute approximate surface area is 104 Å². The molecule has 98 valence electrons. The highest BCUT2D eigenvalue weighted by Crippen LogP contribution is 2.23. The lowest BCUT2D eigenvalue weighted by molar-refractivity contribution is -0.384. The SMILES string of the molecule is CC(C)C(CNc1ccncc1[N+](=O)[O-])C(=O)O. The number of hydrogen-bond acceptors (Lipinski definition) is 5. The second kappa shape index (κ2) is 5.95. The molecule has 2 N–H and O–H groups in total. The first-order valence-corrected chi connectivity index (χ1v) is 5.48. The Morgan fingerprint density at radius 2 is 2.28 bits per heavy atom. The number of rotatable bonds is 6. The zero-order valence-corrected chi connectivity index (χ0v) is 10.2. The normalized spacial score (nSPS) is 12.2. The van der Waals surface area contributed by atoms with Gasteiger partial charge in [0.1, 0.15) is 11.9 Å². The summed E-state index contributed by atoms with van der Waals surface area (Å²) in [5.41, 5.74) is 0.118. The third-order valence-corrected chi connectivity index (χ3v) is 2.63. The van der Waals surface area contributed by atoms with Crippen molar-refractivity contribution in [2.24, 2.45) is 11.8 Å². The topological polar surface area (TPSA) is 105 Å². The van der Waals surface area contributed by atoms with Crippen LogP contribution in [0, 0.1) is 22.0 Å². The minimum absolute atomic E-state index is 0.0594. The molecule has 0 fully saturated rings. The molecule has 1 aromatic heterocycles. The second-order valence-electron chi connectivity index (χ2n) is 4.22. The number of carboxylic acid groups (broad SMARTS) is 1. The number of nitrogens with zero attached hydrogens (tertiary/aromatic N) is 2. The molecule has 7 heteroatoms. The minimum atomic E-state index is -0.922. The van der Waals surface area contributed by atoms with Gasteiger partial charge in [0.15, 0.2) is 0 Å². The third kappa shape index (κ3) is 3.41. The van der Waals surface area contributed by atoms with Crippen LogP contribution in [-0.2, 0) is 4.79 Å². The van der Waals surface area contributed by atoms with E-state index in [-0.39, 0.29) is 23.8 Å². The van der Waals surface area contributed by atoms with Crippen molar-refractivity contribution < 1.29 is 14.8 Å². The van der Waals surface area contributed by atoms with Crippen LogP contribution in [0.1, 0.15) is 13.8 Å². The van der Waals surface area contributed by atoms with E-state index in [2.05, 4.69) is 10.3 Å². The zero-order valence-electron chi connectivity index (χ0n) is 10.2. The lowest BCUT2D eigenvalue weighted by Gasteiger charge is -2.17. The van der Waals surface area contributed by atoms with Crippen molar-refractivity contribution in [2.75, 3.05) is 11.9 Å². The Bertz CT molecular complexity index is 448. The lowest BCUT2D eigenvalue weighted by atomic mass is 9.96. The largest absolute Gasteiger partial charge is 0.481 e. The Kier molecular flexibility index (Phi) is 4.59. The van der Waals surface area contributed by atoms with Crippen molar-refractivity contribution in [3.63, 3.8) is 0 Å². The van der Waals surface area contributed by atoms with Crippen LogP contribution in [0.4, 0.5) is 11.4 Å². The van der Waals surface area contributed by atoms with Gasteiger partial charge in [0.05, 0.1) is 10.8 Å². The number of nitrogens with one attached hydrogen (secondary N) is 1. The van der Waals surface area contributed by atoms with E-state index in [0.29, 0.717) is 0 Å². The predicted octanol–water partition coefficient (Wildman–Crippen LogP) is 1.76. The first-order valence-electron chi connectivity index (χ1n) is 5.48. The maximum absolute atomic E-state index is 11.0. The molecule has 1 heterocycles. The molecule has 0 saturated carbocycles. The highest BCUT2D eigenvalue weighted by Gasteiger charge is 2.22. The van der Waals surface area contributed by atoms with Crippen LogP contribution in [0.15, 0.2) is 18.5 Å². The molecule has 1 rings (SSSR count). The summed E-state index contributed by atoms with van der Waals surface area (Å²) in [5, 5.41) is 22.6. The summed E-state index contributed by atoms with van der Waals surface area (Å²) in [6.07, 6.45) is 2.55. The second-order valence-corrected chi connectivity index (χ2v) is 4.22. The van der Waals surface area contributed by atoms with Crippen LogP contribution < -0.4 is 5.32 Å². The number of aromatic nitrogens is 1. The maximum Gasteiger partial charge on any atom is 0.310 e. The van der Waals surface area contributed by atoms with Gasteiger partial charge in [-0.05, 0) is 12.0 Å². The lowest BCUT2D eigenvalue weighted by Crippen LogP contribution is -2.27. The minimum Gasteiger partial charge on any atom is -0.481 e. The van der Waals surface area contributed by atoms with Crippen molar-refractivity contribution in [1.82, 2.24) is 4.98 Å². The molecule has 0 saturated heterocycles. The number of hydrogen-bond donors (Lipinski definition) is 2. The summed E-state index contributed by atoms with van der Waals surface area (Å²) in [4.78, 5) is 24.8. The van der Waals surface area contributed by atoms with Crippen molar-refractivity contribution in [1.29, 1.82) is 0 Å². The number of pyridine rings is 1. The van der Waals surface area contributed by atoms with E-state index in [1.807, 2.05) is 0 Å². The van der Waals surface area contributed by atoms with Crippen LogP contribution in [0.2, 0.25) is 0 Å². The molecule has 0 radical (unpaired) electrons. The van der Waals surface area contributed by atoms with Gasteiger partial charge in [0.25, 0.3) is 0 Å². The van der Waals surface area contributed by atoms with Gasteiger partial charge in [-0.2, -0.15) is 0 Å². The first kappa shape index (κ1) is 13.9. The van der Waals surface area contributed by atoms with Gasteiger partial charge in [-0.15, -0.1) is 0 Å². The fourth-order valence-corrected chi connectivity index (χ4v) is 1.51. The molecule has 18 heavy (non-hydrogen) atoms. The zero-order chi connectivity index (χ0) is 13.7. The van der Waals surface area contributed by atoms with E-state index < -0.39 is 16.8 Å². The molecule has 7 nitrogen and oxygen atoms in total. The Balaban J connectivity index is 2.79. The quantitative estimate of drug-likeness (QED) is 0.591. The molecule has 0 bridgehead atoms. The average Bonchev–Trinajstić information content (AvgIpc) is 2.28. The number of anilines is 1. The summed E-state index contributed by atoms with van der Waals surface area (Å²) in [6.45, 7) is 3.72. The maximum atomic E-state index is 11.0. The van der Waals surface area contributed by atoms with Gasteiger partial charge in [-0.1, -0.05) is 13.8 Å². The van der Waals surface area contributed by atoms with Crippen molar-refractivity contribution >= 4 is 17.3 Å². The number of aliphatic carboxylic acids is 1. The Hall–Kier alpha value is -2.18. The highest BCUT2D eigenvalue weighted by atomic mass is 16.6. The highest BCUT2D eigenvalue weighted by molar-refractivity contribution is 5.71. The van der Waals surface area contributed by atoms with Crippen LogP contribution in [-0.4, -0.2) is 27.5 Å². The number of nitro groups is 1. The molecule has 0 spiro atoms. The van der Waals surface area contributed by atoms with E-state index in [0.717, 1.165) is 6.20 Å². The van der Waals surface area contributed by atoms with Gasteiger partial charge in [-0.3, -0.25) is 19.9 Å². The fraction of sp³-hybridized carbons (Fsp3) is 0.455. The molecule has 1 aromatic rings. The first-order chi connectivity index (χ1) is 8.43. The summed E-state index contributed by atoms with van der Waals surface area (Å²) in [5.74, 6) is -1.58. The monoisotopic (exact) mass is 253 g/mol. The van der Waals surface area contributed by atoms with Crippen LogP contribution >= 0.6 is 0 Å². The fourth-order valence-electron chi connectivity index (χ4n) is 1.51. The molecule has 0 amide bonds. The molecular formula is C11H15N3O4. The van der Waals surface area contributed by atoms with E-state index in [1.54, 1.807) is 13.8 Å². The molecule has 1 atom stereocenters. The van der Waals surface area contributed by atoms with Crippen LogP contribution in [0.5, 0.6) is 0 Å². The molecule has 0 aliphatic rings. The van der Waals surface area contributed by atoms with Gasteiger partial charge in [0, 0.05) is 12.7 Å². The van der Waals surface area contributed by atoms with Crippen molar-refractivity contribution in [2.45, 2.75) is 13.8 Å². The average molecular weight is 253 g/mol. The Morgan fingerprint density at radius 1 is 1.61 bits per heavy atom. The molecule has 0 aromatic carbocycles. The number of carbonyl (C=O) groups is 1. The van der Waals surface area contributed by atoms with Crippen molar-refractivity contribution in [3.05, 3.63) is 28.6 Å². The Morgan fingerprint density at radius 3 is 2.78 bits per heavy atom. The molecule has 0 aliphatic carbocycles. The van der Waals surface area contributed by atoms with E-state index in [9.17, 15) is 14.9 Å². The van der Waals surface area contributed by atoms with Gasteiger partial charge >= 0.3 is 11.7 Å². The van der Waals surface area contributed by atoms with E-state index >= 15 is 0 Å². The predicted molar refractivity (Wildman–Crippen MR) is 65.3 cm³/mol. The van der Waals surface area contributed by atoms with Crippen LogP contribution in [0.3, 0.4) is 0 Å². The van der Waals surface area contributed by atoms with Gasteiger partial charge < -0.3 is 10.4 Å². The van der Waals surface area contributed by atoms with Crippen LogP contribution in [0.25, 0.3) is 0 Å². The third-order valence-electron chi connectivity index (χ3n) is 2.63.